The van der Waals surface area contributed by atoms with E-state index in [0.29, 0.717) is 0 Å². The molecule has 1 atom stereocenters. The molecule has 0 aromatic carbocycles. The Morgan fingerprint density at radius 3 is 2.42 bits per heavy atom. The zero-order chi connectivity index (χ0) is 8.74. The summed E-state index contributed by atoms with van der Waals surface area (Å²) in [6.45, 7) is 2.32. The zero-order valence-corrected chi connectivity index (χ0v) is 11.2. The SMILES string of the molecule is CCCCCCOS(=O)([O-])=S.[Na+]. The summed E-state index contributed by atoms with van der Waals surface area (Å²) in [5.74, 6) is 0. The molecule has 12 heavy (non-hydrogen) atoms. The Hall–Kier alpha value is 1.29. The molecule has 0 amide bonds. The molecule has 0 radical (unpaired) electrons. The predicted molar refractivity (Wildman–Crippen MR) is 46.4 cm³/mol. The van der Waals surface area contributed by atoms with E-state index in [2.05, 4.69) is 22.3 Å². The van der Waals surface area contributed by atoms with Gasteiger partial charge in [-0.2, -0.15) is 0 Å². The van der Waals surface area contributed by atoms with E-state index in [4.69, 9.17) is 0 Å². The van der Waals surface area contributed by atoms with Crippen LogP contribution in [0.5, 0.6) is 0 Å². The number of hydrogen-bond acceptors (Lipinski definition) is 4. The van der Waals surface area contributed by atoms with E-state index in [1.807, 2.05) is 0 Å². The van der Waals surface area contributed by atoms with Gasteiger partial charge in [-0.15, -0.1) is 0 Å². The van der Waals surface area contributed by atoms with E-state index in [9.17, 15) is 8.76 Å². The molecule has 0 saturated carbocycles. The fourth-order valence-electron chi connectivity index (χ4n) is 0.690. The van der Waals surface area contributed by atoms with Crippen LogP contribution in [0.3, 0.4) is 0 Å². The molecular formula is C6H13NaO3S2. The third-order valence-electron chi connectivity index (χ3n) is 1.23. The van der Waals surface area contributed by atoms with Crippen LogP contribution in [0.25, 0.3) is 0 Å². The average molecular weight is 220 g/mol. The molecule has 0 N–H and O–H groups in total. The molecule has 0 aromatic rings. The second-order valence-corrected chi connectivity index (χ2v) is 4.57. The maximum absolute atomic E-state index is 10.3. The summed E-state index contributed by atoms with van der Waals surface area (Å²) in [7, 11) is -3.63. The second kappa shape index (κ2) is 8.87. The zero-order valence-electron chi connectivity index (χ0n) is 7.58. The third kappa shape index (κ3) is 13.9. The van der Waals surface area contributed by atoms with Crippen molar-refractivity contribution in [2.24, 2.45) is 0 Å². The molecule has 68 valence electrons. The van der Waals surface area contributed by atoms with Crippen molar-refractivity contribution in [1.29, 1.82) is 0 Å². The molecule has 0 spiro atoms. The van der Waals surface area contributed by atoms with E-state index in [1.165, 1.54) is 0 Å². The summed E-state index contributed by atoms with van der Waals surface area (Å²) in [5.41, 5.74) is 0. The van der Waals surface area contributed by atoms with Gasteiger partial charge in [-0.25, -0.2) is 4.21 Å². The molecule has 0 aliphatic carbocycles. The van der Waals surface area contributed by atoms with Crippen LogP contribution >= 0.6 is 0 Å². The van der Waals surface area contributed by atoms with Crippen LogP contribution in [0.1, 0.15) is 32.6 Å². The van der Waals surface area contributed by atoms with E-state index in [1.54, 1.807) is 0 Å². The molecule has 1 unspecified atom stereocenters. The van der Waals surface area contributed by atoms with Crippen molar-refractivity contribution >= 4 is 20.2 Å². The summed E-state index contributed by atoms with van der Waals surface area (Å²) >= 11 is 4.01. The van der Waals surface area contributed by atoms with Crippen molar-refractivity contribution < 1.29 is 42.5 Å². The van der Waals surface area contributed by atoms with E-state index in [0.717, 1.165) is 25.7 Å². The Morgan fingerprint density at radius 1 is 1.42 bits per heavy atom. The first-order chi connectivity index (χ1) is 5.06. The van der Waals surface area contributed by atoms with E-state index in [-0.39, 0.29) is 36.2 Å². The minimum atomic E-state index is -3.63. The molecule has 0 aliphatic rings. The maximum Gasteiger partial charge on any atom is 1.00 e. The van der Waals surface area contributed by atoms with Gasteiger partial charge in [0.1, 0.15) is 0 Å². The van der Waals surface area contributed by atoms with Crippen LogP contribution in [-0.4, -0.2) is 15.4 Å². The van der Waals surface area contributed by atoms with Crippen molar-refractivity contribution in [3.63, 3.8) is 0 Å². The first-order valence-electron chi connectivity index (χ1n) is 3.66. The van der Waals surface area contributed by atoms with Gasteiger partial charge in [0.25, 0.3) is 0 Å². The molecule has 0 rings (SSSR count). The minimum Gasteiger partial charge on any atom is -0.748 e. The predicted octanol–water partition coefficient (Wildman–Crippen LogP) is -1.62. The Kier molecular flexibility index (Phi) is 11.6. The number of rotatable bonds is 6. The van der Waals surface area contributed by atoms with E-state index >= 15 is 0 Å². The van der Waals surface area contributed by atoms with Crippen LogP contribution in [0, 0.1) is 0 Å². The monoisotopic (exact) mass is 220 g/mol. The number of unbranched alkanes of at least 4 members (excludes halogenated alkanes) is 3. The van der Waals surface area contributed by atoms with Crippen LogP contribution in [0.4, 0.5) is 0 Å². The van der Waals surface area contributed by atoms with Crippen LogP contribution < -0.4 is 29.6 Å². The van der Waals surface area contributed by atoms with Crippen LogP contribution in [0.15, 0.2) is 0 Å². The van der Waals surface area contributed by atoms with Crippen molar-refractivity contribution in [1.82, 2.24) is 0 Å². The maximum atomic E-state index is 10.3. The van der Waals surface area contributed by atoms with Crippen molar-refractivity contribution in [3.05, 3.63) is 0 Å². The second-order valence-electron chi connectivity index (χ2n) is 2.29. The van der Waals surface area contributed by atoms with Gasteiger partial charge in [-0.05, 0) is 17.6 Å². The molecule has 0 aromatic heterocycles. The van der Waals surface area contributed by atoms with Crippen molar-refractivity contribution in [2.45, 2.75) is 32.6 Å². The van der Waals surface area contributed by atoms with Crippen molar-refractivity contribution in [2.75, 3.05) is 6.61 Å². The Balaban J connectivity index is 0. The Bertz CT molecular complexity index is 179. The summed E-state index contributed by atoms with van der Waals surface area (Å²) in [5, 5.41) is 0. The molecule has 0 saturated heterocycles. The summed E-state index contributed by atoms with van der Waals surface area (Å²) in [6.07, 6.45) is 4.01. The largest absolute Gasteiger partial charge is 1.00 e. The van der Waals surface area contributed by atoms with Gasteiger partial charge in [0, 0.05) is 0 Å². The molecule has 3 nitrogen and oxygen atoms in total. The standard InChI is InChI=1S/C6H14O3S2.Na/c1-2-3-4-5-6-9-11(7,8)10;/h2-6H2,1H3,(H,7,8,10);/q;+1/p-1. The average Bonchev–Trinajstić information content (AvgIpc) is 1.85. The Morgan fingerprint density at radius 2 is 2.00 bits per heavy atom. The van der Waals surface area contributed by atoms with Gasteiger partial charge in [0.15, 0.2) is 0 Å². The smallest absolute Gasteiger partial charge is 0.748 e. The quantitative estimate of drug-likeness (QED) is 0.399. The van der Waals surface area contributed by atoms with Gasteiger partial charge < -0.3 is 4.55 Å². The normalized spacial score (nSPS) is 14.8. The first-order valence-corrected chi connectivity index (χ1v) is 6.00. The topological polar surface area (TPSA) is 49.4 Å². The number of hydrogen-bond donors (Lipinski definition) is 0. The molecule has 0 aliphatic heterocycles. The van der Waals surface area contributed by atoms with Gasteiger partial charge in [-0.3, -0.25) is 4.18 Å². The Labute approximate surface area is 101 Å². The fourth-order valence-corrected chi connectivity index (χ4v) is 1.22. The van der Waals surface area contributed by atoms with Crippen molar-refractivity contribution in [3.8, 4) is 0 Å². The molecule has 0 heterocycles. The summed E-state index contributed by atoms with van der Waals surface area (Å²) < 4.78 is 24.9. The molecule has 0 bridgehead atoms. The van der Waals surface area contributed by atoms with Gasteiger partial charge in [-0.1, -0.05) is 26.2 Å². The van der Waals surface area contributed by atoms with Crippen LogP contribution in [-0.2, 0) is 24.4 Å². The van der Waals surface area contributed by atoms with Gasteiger partial charge >= 0.3 is 29.6 Å². The van der Waals surface area contributed by atoms with Gasteiger partial charge in [0.2, 0.25) is 0 Å². The first kappa shape index (κ1) is 15.7. The summed E-state index contributed by atoms with van der Waals surface area (Å²) in [4.78, 5) is 0. The fraction of sp³-hybridized carbons (Fsp3) is 1.00. The summed E-state index contributed by atoms with van der Waals surface area (Å²) in [6, 6.07) is 0. The third-order valence-corrected chi connectivity index (χ3v) is 1.97. The molecular weight excluding hydrogens is 207 g/mol. The minimum absolute atomic E-state index is 0. The molecule has 6 heteroatoms. The van der Waals surface area contributed by atoms with E-state index < -0.39 is 9.05 Å². The van der Waals surface area contributed by atoms with Crippen LogP contribution in [0.2, 0.25) is 0 Å². The molecule has 0 fully saturated rings. The van der Waals surface area contributed by atoms with Gasteiger partial charge in [0.05, 0.1) is 15.7 Å².